The zero-order valence-electron chi connectivity index (χ0n) is 12.8. The number of hydrogen-bond donors (Lipinski definition) is 1. The van der Waals surface area contributed by atoms with Gasteiger partial charge in [-0.15, -0.1) is 0 Å². The summed E-state index contributed by atoms with van der Waals surface area (Å²) in [6, 6.07) is 12.8. The topological polar surface area (TPSA) is 73.6 Å². The number of benzene rings is 2. The predicted molar refractivity (Wildman–Crippen MR) is 90.5 cm³/mol. The van der Waals surface area contributed by atoms with Gasteiger partial charge in [-0.05, 0) is 31.2 Å². The number of aromatic nitrogens is 1. The molecule has 7 heteroatoms. The molecular formula is C17H14N2O4S. The van der Waals surface area contributed by atoms with Crippen LogP contribution < -0.4 is 14.8 Å². The number of amides is 1. The van der Waals surface area contributed by atoms with Crippen molar-refractivity contribution >= 4 is 34.5 Å². The van der Waals surface area contributed by atoms with Crippen LogP contribution in [0.3, 0.4) is 0 Å². The zero-order valence-corrected chi connectivity index (χ0v) is 13.6. The van der Waals surface area contributed by atoms with Gasteiger partial charge in [0.1, 0.15) is 5.52 Å². The standard InChI is InChI=1S/C17H14N2O4S/c1-10(24-17-19-12-4-2-3-5-13(12)23-17)16(20)18-11-6-7-14-15(8-11)22-9-21-14/h2-8,10H,9H2,1H3,(H,18,20). The summed E-state index contributed by atoms with van der Waals surface area (Å²) in [5.74, 6) is 1.18. The van der Waals surface area contributed by atoms with E-state index in [-0.39, 0.29) is 18.0 Å². The van der Waals surface area contributed by atoms with Crippen molar-refractivity contribution in [1.82, 2.24) is 4.98 Å². The predicted octanol–water partition coefficient (Wildman–Crippen LogP) is 3.68. The lowest BCUT2D eigenvalue weighted by molar-refractivity contribution is -0.115. The van der Waals surface area contributed by atoms with Gasteiger partial charge in [-0.1, -0.05) is 23.9 Å². The molecule has 2 aromatic carbocycles. The van der Waals surface area contributed by atoms with Gasteiger partial charge in [0, 0.05) is 11.8 Å². The maximum atomic E-state index is 12.4. The van der Waals surface area contributed by atoms with Gasteiger partial charge in [0.25, 0.3) is 5.22 Å². The molecule has 24 heavy (non-hydrogen) atoms. The van der Waals surface area contributed by atoms with Crippen molar-refractivity contribution in [3.8, 4) is 11.5 Å². The Bertz CT molecular complexity index is 875. The van der Waals surface area contributed by atoms with Crippen molar-refractivity contribution in [1.29, 1.82) is 0 Å². The van der Waals surface area contributed by atoms with Crippen LogP contribution in [0.15, 0.2) is 52.1 Å². The number of hydrogen-bond acceptors (Lipinski definition) is 6. The number of thioether (sulfide) groups is 1. The van der Waals surface area contributed by atoms with Gasteiger partial charge in [0.15, 0.2) is 17.1 Å². The van der Waals surface area contributed by atoms with E-state index < -0.39 is 0 Å². The monoisotopic (exact) mass is 342 g/mol. The molecule has 1 amide bonds. The minimum absolute atomic E-state index is 0.138. The number of nitrogens with zero attached hydrogens (tertiary/aromatic N) is 1. The quantitative estimate of drug-likeness (QED) is 0.729. The third-order valence-corrected chi connectivity index (χ3v) is 4.51. The first-order valence-electron chi connectivity index (χ1n) is 7.42. The smallest absolute Gasteiger partial charge is 0.257 e. The summed E-state index contributed by atoms with van der Waals surface area (Å²) >= 11 is 1.28. The fourth-order valence-corrected chi connectivity index (χ4v) is 3.08. The van der Waals surface area contributed by atoms with E-state index in [1.807, 2.05) is 31.2 Å². The molecule has 1 aliphatic rings. The van der Waals surface area contributed by atoms with Crippen LogP contribution in [0.4, 0.5) is 5.69 Å². The fourth-order valence-electron chi connectivity index (χ4n) is 2.32. The average Bonchev–Trinajstić information content (AvgIpc) is 3.19. The molecule has 1 atom stereocenters. The maximum Gasteiger partial charge on any atom is 0.257 e. The number of nitrogens with one attached hydrogen (secondary N) is 1. The molecule has 122 valence electrons. The van der Waals surface area contributed by atoms with Crippen molar-refractivity contribution in [2.45, 2.75) is 17.4 Å². The first-order chi connectivity index (χ1) is 11.7. The number of ether oxygens (including phenoxy) is 2. The number of carbonyl (C=O) groups is 1. The van der Waals surface area contributed by atoms with E-state index in [1.54, 1.807) is 18.2 Å². The summed E-state index contributed by atoms with van der Waals surface area (Å²) in [7, 11) is 0. The van der Waals surface area contributed by atoms with Gasteiger partial charge in [0.2, 0.25) is 12.7 Å². The van der Waals surface area contributed by atoms with Gasteiger partial charge in [-0.2, -0.15) is 0 Å². The Labute approximate surface area is 142 Å². The van der Waals surface area contributed by atoms with Crippen LogP contribution in [0, 0.1) is 0 Å². The number of oxazole rings is 1. The molecule has 0 aliphatic carbocycles. The minimum Gasteiger partial charge on any atom is -0.454 e. The molecule has 0 bridgehead atoms. The second-order valence-electron chi connectivity index (χ2n) is 5.26. The zero-order chi connectivity index (χ0) is 16.5. The number of rotatable bonds is 4. The van der Waals surface area contributed by atoms with Crippen molar-refractivity contribution in [2.24, 2.45) is 0 Å². The molecule has 0 saturated carbocycles. The van der Waals surface area contributed by atoms with Crippen LogP contribution in [0.1, 0.15) is 6.92 Å². The van der Waals surface area contributed by atoms with Crippen LogP contribution in [0.2, 0.25) is 0 Å². The SMILES string of the molecule is CC(Sc1nc2ccccc2o1)C(=O)Nc1ccc2c(c1)OCO2. The molecule has 3 aromatic rings. The third kappa shape index (κ3) is 2.90. The highest BCUT2D eigenvalue weighted by Crippen LogP contribution is 2.34. The van der Waals surface area contributed by atoms with Crippen molar-refractivity contribution < 1.29 is 18.7 Å². The lowest BCUT2D eigenvalue weighted by Crippen LogP contribution is -2.22. The van der Waals surface area contributed by atoms with E-state index in [0.29, 0.717) is 28.0 Å². The van der Waals surface area contributed by atoms with Crippen molar-refractivity contribution in [3.63, 3.8) is 0 Å². The Kier molecular flexibility index (Phi) is 3.78. The Hall–Kier alpha value is -2.67. The normalized spacial score (nSPS) is 13.9. The van der Waals surface area contributed by atoms with Gasteiger partial charge in [-0.3, -0.25) is 4.79 Å². The van der Waals surface area contributed by atoms with E-state index >= 15 is 0 Å². The lowest BCUT2D eigenvalue weighted by atomic mass is 10.2. The summed E-state index contributed by atoms with van der Waals surface area (Å²) in [6.45, 7) is 2.01. The first kappa shape index (κ1) is 14.9. The summed E-state index contributed by atoms with van der Waals surface area (Å²) in [6.07, 6.45) is 0. The molecule has 1 unspecified atom stereocenters. The molecule has 0 spiro atoms. The van der Waals surface area contributed by atoms with E-state index in [9.17, 15) is 4.79 Å². The summed E-state index contributed by atoms with van der Waals surface area (Å²) in [5.41, 5.74) is 2.15. The molecule has 1 aliphatic heterocycles. The van der Waals surface area contributed by atoms with Crippen LogP contribution in [0.5, 0.6) is 11.5 Å². The summed E-state index contributed by atoms with van der Waals surface area (Å²) < 4.78 is 16.2. The highest BCUT2D eigenvalue weighted by Gasteiger charge is 2.19. The van der Waals surface area contributed by atoms with Gasteiger partial charge >= 0.3 is 0 Å². The molecule has 4 rings (SSSR count). The largest absolute Gasteiger partial charge is 0.454 e. The molecule has 1 aromatic heterocycles. The first-order valence-corrected chi connectivity index (χ1v) is 8.30. The number of fused-ring (bicyclic) bond motifs is 2. The Morgan fingerprint density at radius 2 is 2.04 bits per heavy atom. The summed E-state index contributed by atoms with van der Waals surface area (Å²) in [4.78, 5) is 16.7. The number of carbonyl (C=O) groups excluding carboxylic acids is 1. The van der Waals surface area contributed by atoms with Crippen LogP contribution in [-0.2, 0) is 4.79 Å². The highest BCUT2D eigenvalue weighted by molar-refractivity contribution is 8.00. The minimum atomic E-state index is -0.358. The van der Waals surface area contributed by atoms with Crippen LogP contribution >= 0.6 is 11.8 Å². The molecule has 0 radical (unpaired) electrons. The third-order valence-electron chi connectivity index (χ3n) is 3.56. The molecular weight excluding hydrogens is 328 g/mol. The highest BCUT2D eigenvalue weighted by atomic mass is 32.2. The second-order valence-corrected chi connectivity index (χ2v) is 6.56. The van der Waals surface area contributed by atoms with E-state index in [4.69, 9.17) is 13.9 Å². The molecule has 1 N–H and O–H groups in total. The lowest BCUT2D eigenvalue weighted by Gasteiger charge is -2.10. The van der Waals surface area contributed by atoms with E-state index in [0.717, 1.165) is 5.52 Å². The molecule has 2 heterocycles. The number of anilines is 1. The van der Waals surface area contributed by atoms with E-state index in [1.165, 1.54) is 11.8 Å². The molecule has 6 nitrogen and oxygen atoms in total. The van der Waals surface area contributed by atoms with Gasteiger partial charge < -0.3 is 19.2 Å². The second kappa shape index (κ2) is 6.09. The number of para-hydroxylation sites is 2. The Balaban J connectivity index is 1.44. The van der Waals surface area contributed by atoms with E-state index in [2.05, 4.69) is 10.3 Å². The average molecular weight is 342 g/mol. The summed E-state index contributed by atoms with van der Waals surface area (Å²) in [5, 5.41) is 2.98. The van der Waals surface area contributed by atoms with Crippen molar-refractivity contribution in [2.75, 3.05) is 12.1 Å². The Morgan fingerprint density at radius 1 is 1.21 bits per heavy atom. The molecule has 0 fully saturated rings. The van der Waals surface area contributed by atoms with Gasteiger partial charge in [-0.25, -0.2) is 4.98 Å². The van der Waals surface area contributed by atoms with Crippen LogP contribution in [-0.4, -0.2) is 22.9 Å². The van der Waals surface area contributed by atoms with Crippen molar-refractivity contribution in [3.05, 3.63) is 42.5 Å². The fraction of sp³-hybridized carbons (Fsp3) is 0.176. The van der Waals surface area contributed by atoms with Crippen LogP contribution in [0.25, 0.3) is 11.1 Å². The molecule has 0 saturated heterocycles. The Morgan fingerprint density at radius 3 is 2.92 bits per heavy atom. The van der Waals surface area contributed by atoms with Gasteiger partial charge in [0.05, 0.1) is 5.25 Å². The maximum absolute atomic E-state index is 12.4.